The van der Waals surface area contributed by atoms with Crippen LogP contribution in [-0.2, 0) is 9.53 Å². The van der Waals surface area contributed by atoms with E-state index in [1.54, 1.807) is 19.1 Å². The maximum atomic E-state index is 12.1. The molecule has 0 radical (unpaired) electrons. The molecular formula is C33H56N2O6. The molecule has 1 fully saturated rings. The lowest BCUT2D eigenvalue weighted by atomic mass is 9.81. The van der Waals surface area contributed by atoms with E-state index < -0.39 is 30.5 Å². The van der Waals surface area contributed by atoms with Crippen LogP contribution < -0.4 is 11.1 Å². The third-order valence-corrected chi connectivity index (χ3v) is 8.74. The number of piperidine rings is 1. The number of hydrogen-bond donors (Lipinski definition) is 5. The highest BCUT2D eigenvalue weighted by molar-refractivity contribution is 5.80. The number of carbonyl (C=O) groups is 2. The summed E-state index contributed by atoms with van der Waals surface area (Å²) in [5, 5.41) is 35.3. The molecule has 41 heavy (non-hydrogen) atoms. The Morgan fingerprint density at radius 1 is 1.07 bits per heavy atom. The number of allylic oxidation sites excluding steroid dienone is 4. The van der Waals surface area contributed by atoms with Crippen LogP contribution in [0.15, 0.2) is 48.6 Å². The van der Waals surface area contributed by atoms with Gasteiger partial charge in [-0.25, -0.2) is 4.79 Å². The van der Waals surface area contributed by atoms with Gasteiger partial charge in [0.1, 0.15) is 6.10 Å². The summed E-state index contributed by atoms with van der Waals surface area (Å²) in [4.78, 5) is 23.6. The standard InChI is InChI=1S/C33H56N2O6/c1-10-11-14-21(4)31(41-33(34)40)25(8)29(37)23(6)18-19(2)17-22(5)28(36)20(3)15-12-13-16-27-24(7)30(38)26(9)32(39)35-27/h10-12,14-15,17,20-31,36-38H,1,13,16,18H2,2-9H3,(H2,34,40)(H,35,39)/t20-,21-,22-,23-,24-,25-,26+,27-,28-,29+,30-,31-/m0/s1. The summed E-state index contributed by atoms with van der Waals surface area (Å²) in [6.45, 7) is 19.1. The molecule has 1 rings (SSSR count). The van der Waals surface area contributed by atoms with Crippen molar-refractivity contribution in [2.45, 2.75) is 105 Å². The van der Waals surface area contributed by atoms with Crippen molar-refractivity contribution < 1.29 is 29.6 Å². The number of ether oxygens (including phenoxy) is 1. The van der Waals surface area contributed by atoms with Crippen LogP contribution in [0.4, 0.5) is 4.79 Å². The van der Waals surface area contributed by atoms with Gasteiger partial charge in [-0.2, -0.15) is 0 Å². The summed E-state index contributed by atoms with van der Waals surface area (Å²) in [6.07, 6.45) is 10.1. The maximum absolute atomic E-state index is 12.1. The minimum absolute atomic E-state index is 0.00444. The van der Waals surface area contributed by atoms with E-state index in [-0.39, 0.29) is 53.4 Å². The van der Waals surface area contributed by atoms with E-state index in [9.17, 15) is 24.9 Å². The topological polar surface area (TPSA) is 142 Å². The van der Waals surface area contributed by atoms with Gasteiger partial charge in [-0.1, -0.05) is 97.1 Å². The molecule has 0 aromatic heterocycles. The minimum Gasteiger partial charge on any atom is -0.445 e. The fourth-order valence-corrected chi connectivity index (χ4v) is 5.96. The summed E-state index contributed by atoms with van der Waals surface area (Å²) in [5.41, 5.74) is 6.37. The van der Waals surface area contributed by atoms with Crippen LogP contribution in [-0.4, -0.2) is 57.8 Å². The van der Waals surface area contributed by atoms with Crippen LogP contribution in [0.2, 0.25) is 0 Å². The van der Waals surface area contributed by atoms with Crippen molar-refractivity contribution in [2.24, 2.45) is 47.2 Å². The zero-order chi connectivity index (χ0) is 31.4. The normalized spacial score (nSPS) is 27.9. The summed E-state index contributed by atoms with van der Waals surface area (Å²) < 4.78 is 5.37. The lowest BCUT2D eigenvalue weighted by molar-refractivity contribution is -0.135. The molecule has 8 nitrogen and oxygen atoms in total. The molecule has 0 saturated carbocycles. The third-order valence-electron chi connectivity index (χ3n) is 8.74. The van der Waals surface area contributed by atoms with Gasteiger partial charge in [-0.3, -0.25) is 4.79 Å². The van der Waals surface area contributed by atoms with Gasteiger partial charge in [0.05, 0.1) is 24.2 Å². The second kappa shape index (κ2) is 17.5. The molecule has 6 N–H and O–H groups in total. The molecule has 0 unspecified atom stereocenters. The number of nitrogens with two attached hydrogens (primary N) is 1. The van der Waals surface area contributed by atoms with Crippen LogP contribution in [0.5, 0.6) is 0 Å². The smallest absolute Gasteiger partial charge is 0.404 e. The maximum Gasteiger partial charge on any atom is 0.404 e. The Labute approximate surface area is 247 Å². The quantitative estimate of drug-likeness (QED) is 0.131. The first-order valence-corrected chi connectivity index (χ1v) is 15.1. The Morgan fingerprint density at radius 3 is 2.29 bits per heavy atom. The Bertz CT molecular complexity index is 931. The number of carbonyl (C=O) groups excluding carboxylic acids is 2. The van der Waals surface area contributed by atoms with Gasteiger partial charge in [0.15, 0.2) is 0 Å². The van der Waals surface area contributed by atoms with Crippen molar-refractivity contribution in [1.29, 1.82) is 0 Å². The molecule has 0 bridgehead atoms. The molecule has 1 aliphatic heterocycles. The first-order chi connectivity index (χ1) is 19.1. The zero-order valence-electron chi connectivity index (χ0n) is 26.4. The molecule has 0 aromatic carbocycles. The predicted molar refractivity (Wildman–Crippen MR) is 165 cm³/mol. The highest BCUT2D eigenvalue weighted by Crippen LogP contribution is 2.29. The molecule has 0 aromatic rings. The minimum atomic E-state index is -0.869. The van der Waals surface area contributed by atoms with Crippen molar-refractivity contribution >= 4 is 12.0 Å². The first kappa shape index (κ1) is 36.6. The Hall–Kier alpha value is -2.42. The molecule has 12 atom stereocenters. The number of hydrogen-bond acceptors (Lipinski definition) is 6. The van der Waals surface area contributed by atoms with Crippen molar-refractivity contribution in [3.8, 4) is 0 Å². The molecular weight excluding hydrogens is 520 g/mol. The lowest BCUT2D eigenvalue weighted by Crippen LogP contribution is -2.55. The van der Waals surface area contributed by atoms with Gasteiger partial charge in [0, 0.05) is 35.6 Å². The first-order valence-electron chi connectivity index (χ1n) is 15.1. The molecule has 0 spiro atoms. The average molecular weight is 577 g/mol. The zero-order valence-corrected chi connectivity index (χ0v) is 26.4. The van der Waals surface area contributed by atoms with Crippen LogP contribution in [0.25, 0.3) is 0 Å². The van der Waals surface area contributed by atoms with Gasteiger partial charge in [-0.15, -0.1) is 0 Å². The monoisotopic (exact) mass is 576 g/mol. The van der Waals surface area contributed by atoms with Gasteiger partial charge >= 0.3 is 6.09 Å². The fraction of sp³-hybridized carbons (Fsp3) is 0.697. The fourth-order valence-electron chi connectivity index (χ4n) is 5.96. The number of primary amides is 1. The van der Waals surface area contributed by atoms with Gasteiger partial charge < -0.3 is 31.1 Å². The Balaban J connectivity index is 2.69. The highest BCUT2D eigenvalue weighted by Gasteiger charge is 2.38. The summed E-state index contributed by atoms with van der Waals surface area (Å²) in [6, 6.07) is -0.0624. The van der Waals surface area contributed by atoms with Crippen molar-refractivity contribution in [1.82, 2.24) is 5.32 Å². The summed E-state index contributed by atoms with van der Waals surface area (Å²) in [7, 11) is 0. The Morgan fingerprint density at radius 2 is 1.71 bits per heavy atom. The molecule has 1 aliphatic rings. The number of amides is 2. The number of aliphatic hydroxyl groups is 3. The van der Waals surface area contributed by atoms with E-state index >= 15 is 0 Å². The lowest BCUT2D eigenvalue weighted by Gasteiger charge is -2.37. The van der Waals surface area contributed by atoms with Crippen LogP contribution in [0.1, 0.15) is 74.7 Å². The van der Waals surface area contributed by atoms with Crippen molar-refractivity contribution in [3.63, 3.8) is 0 Å². The second-order valence-electron chi connectivity index (χ2n) is 12.4. The Kier molecular flexibility index (Phi) is 15.6. The van der Waals surface area contributed by atoms with E-state index in [1.807, 2.05) is 66.7 Å². The number of aliphatic hydroxyl groups excluding tert-OH is 3. The van der Waals surface area contributed by atoms with Crippen LogP contribution in [0.3, 0.4) is 0 Å². The largest absolute Gasteiger partial charge is 0.445 e. The summed E-state index contributed by atoms with van der Waals surface area (Å²) >= 11 is 0. The van der Waals surface area contributed by atoms with E-state index in [0.29, 0.717) is 6.42 Å². The van der Waals surface area contributed by atoms with Crippen molar-refractivity contribution in [2.75, 3.05) is 0 Å². The van der Waals surface area contributed by atoms with Crippen LogP contribution in [0, 0.1) is 41.4 Å². The van der Waals surface area contributed by atoms with Gasteiger partial charge in [-0.05, 0) is 32.1 Å². The third kappa shape index (κ3) is 11.4. The SMILES string of the molecule is C=CC=C[C@H](C)[C@H](OC(N)=O)[C@@H](C)[C@H](O)[C@@H](C)CC(C)=C[C@H](C)[C@@H](O)[C@@H](C)C=CCC[C@@H]1NC(=O)[C@H](C)[C@@H](O)[C@H]1C. The molecule has 1 saturated heterocycles. The molecule has 234 valence electrons. The van der Waals surface area contributed by atoms with Gasteiger partial charge in [0.25, 0.3) is 0 Å². The van der Waals surface area contributed by atoms with E-state index in [4.69, 9.17) is 10.5 Å². The number of nitrogens with one attached hydrogen (secondary N) is 1. The van der Waals surface area contributed by atoms with E-state index in [0.717, 1.165) is 18.4 Å². The predicted octanol–water partition coefficient (Wildman–Crippen LogP) is 4.90. The molecule has 2 amide bonds. The van der Waals surface area contributed by atoms with Crippen molar-refractivity contribution in [3.05, 3.63) is 48.6 Å². The average Bonchev–Trinajstić information content (AvgIpc) is 2.92. The van der Waals surface area contributed by atoms with E-state index in [1.165, 1.54) is 0 Å². The van der Waals surface area contributed by atoms with E-state index in [2.05, 4.69) is 18.0 Å². The molecule has 0 aliphatic carbocycles. The summed E-state index contributed by atoms with van der Waals surface area (Å²) in [5.74, 6) is -1.27. The van der Waals surface area contributed by atoms with Gasteiger partial charge in [0.2, 0.25) is 5.91 Å². The van der Waals surface area contributed by atoms with Crippen LogP contribution >= 0.6 is 0 Å². The number of rotatable bonds is 16. The molecule has 8 heteroatoms. The molecule has 1 heterocycles. The highest BCUT2D eigenvalue weighted by atomic mass is 16.6. The second-order valence-corrected chi connectivity index (χ2v) is 12.4.